The molecule has 1 aliphatic rings. The van der Waals surface area contributed by atoms with Crippen molar-refractivity contribution in [3.05, 3.63) is 46.6 Å². The number of aromatic nitrogens is 1. The van der Waals surface area contributed by atoms with Crippen LogP contribution >= 0.6 is 0 Å². The predicted octanol–water partition coefficient (Wildman–Crippen LogP) is 4.03. The van der Waals surface area contributed by atoms with E-state index in [4.69, 9.17) is 0 Å². The molecule has 3 aromatic rings. The number of rotatable bonds is 0. The fourth-order valence-corrected chi connectivity index (χ4v) is 3.22. The number of benzene rings is 2. The molecule has 2 heterocycles. The Morgan fingerprint density at radius 1 is 1.00 bits per heavy atom. The molecule has 0 radical (unpaired) electrons. The first-order chi connectivity index (χ1) is 10.9. The number of nitrogens with one attached hydrogen (secondary N) is 3. The van der Waals surface area contributed by atoms with E-state index in [-0.39, 0.29) is 23.0 Å². The van der Waals surface area contributed by atoms with Crippen molar-refractivity contribution in [2.24, 2.45) is 5.41 Å². The van der Waals surface area contributed by atoms with E-state index in [1.165, 1.54) is 12.1 Å². The Morgan fingerprint density at radius 3 is 2.39 bits per heavy atom. The van der Waals surface area contributed by atoms with Crippen LogP contribution in [-0.2, 0) is 0 Å². The lowest BCUT2D eigenvalue weighted by atomic mass is 9.93. The third kappa shape index (κ3) is 2.00. The van der Waals surface area contributed by atoms with Gasteiger partial charge in [-0.05, 0) is 24.3 Å². The molecule has 0 saturated heterocycles. The summed E-state index contributed by atoms with van der Waals surface area (Å²) in [4.78, 5) is 15.0. The van der Waals surface area contributed by atoms with Crippen molar-refractivity contribution in [3.63, 3.8) is 0 Å². The quantitative estimate of drug-likeness (QED) is 0.549. The van der Waals surface area contributed by atoms with Gasteiger partial charge in [-0.15, -0.1) is 0 Å². The number of fused-ring (bicyclic) bond motifs is 6. The summed E-state index contributed by atoms with van der Waals surface area (Å²) in [6.07, 6.45) is 1.66. The van der Waals surface area contributed by atoms with Crippen molar-refractivity contribution >= 4 is 32.9 Å². The molecular formula is C18H18FN3O. The molecule has 3 N–H and O–H groups in total. The van der Waals surface area contributed by atoms with E-state index in [2.05, 4.69) is 36.4 Å². The Balaban J connectivity index is 2.14. The van der Waals surface area contributed by atoms with Crippen molar-refractivity contribution in [1.29, 1.82) is 0 Å². The van der Waals surface area contributed by atoms with Crippen LogP contribution in [0.3, 0.4) is 0 Å². The number of pyridine rings is 1. The van der Waals surface area contributed by atoms with Gasteiger partial charge in [-0.1, -0.05) is 20.8 Å². The van der Waals surface area contributed by atoms with Crippen molar-refractivity contribution in [3.8, 4) is 0 Å². The Morgan fingerprint density at radius 2 is 1.70 bits per heavy atom. The van der Waals surface area contributed by atoms with Crippen LogP contribution in [0.5, 0.6) is 0 Å². The molecule has 0 saturated carbocycles. The molecule has 0 bridgehead atoms. The second-order valence-electron chi connectivity index (χ2n) is 7.12. The lowest BCUT2D eigenvalue weighted by Gasteiger charge is -2.27. The SMILES string of the molecule is CC(C)(C)C1Nc2c(c3cc[nH]c(=O)c3c3cc(F)ccc23)N1. The maximum atomic E-state index is 13.8. The number of aromatic amines is 1. The minimum Gasteiger partial charge on any atom is -0.363 e. The van der Waals surface area contributed by atoms with E-state index in [1.54, 1.807) is 12.3 Å². The van der Waals surface area contributed by atoms with Crippen LogP contribution in [0.1, 0.15) is 20.8 Å². The summed E-state index contributed by atoms with van der Waals surface area (Å²) >= 11 is 0. The predicted molar refractivity (Wildman–Crippen MR) is 92.5 cm³/mol. The second kappa shape index (κ2) is 4.47. The van der Waals surface area contributed by atoms with Gasteiger partial charge in [0.25, 0.3) is 5.56 Å². The van der Waals surface area contributed by atoms with E-state index in [9.17, 15) is 9.18 Å². The number of hydrogen-bond acceptors (Lipinski definition) is 3. The van der Waals surface area contributed by atoms with Gasteiger partial charge in [-0.3, -0.25) is 4.79 Å². The molecule has 118 valence electrons. The van der Waals surface area contributed by atoms with Crippen molar-refractivity contribution in [2.45, 2.75) is 26.9 Å². The van der Waals surface area contributed by atoms with Crippen molar-refractivity contribution in [2.75, 3.05) is 10.6 Å². The average Bonchev–Trinajstić information content (AvgIpc) is 2.92. The average molecular weight is 311 g/mol. The molecule has 1 atom stereocenters. The Labute approximate surface area is 132 Å². The molecule has 4 nitrogen and oxygen atoms in total. The van der Waals surface area contributed by atoms with E-state index >= 15 is 0 Å². The number of hydrogen-bond donors (Lipinski definition) is 3. The molecule has 0 spiro atoms. The van der Waals surface area contributed by atoms with Crippen LogP contribution in [0.4, 0.5) is 15.8 Å². The molecule has 0 aliphatic carbocycles. The van der Waals surface area contributed by atoms with Gasteiger partial charge in [0.05, 0.1) is 16.8 Å². The molecule has 5 heteroatoms. The maximum Gasteiger partial charge on any atom is 0.256 e. The highest BCUT2D eigenvalue weighted by atomic mass is 19.1. The van der Waals surface area contributed by atoms with Crippen LogP contribution in [0, 0.1) is 11.2 Å². The van der Waals surface area contributed by atoms with Gasteiger partial charge in [-0.25, -0.2) is 4.39 Å². The molecule has 1 unspecified atom stereocenters. The fraction of sp³-hybridized carbons (Fsp3) is 0.278. The molecule has 4 rings (SSSR count). The maximum absolute atomic E-state index is 13.8. The van der Waals surface area contributed by atoms with Crippen molar-refractivity contribution < 1.29 is 4.39 Å². The van der Waals surface area contributed by atoms with E-state index in [1.807, 2.05) is 6.07 Å². The highest BCUT2D eigenvalue weighted by Gasteiger charge is 2.32. The monoisotopic (exact) mass is 311 g/mol. The third-order valence-corrected chi connectivity index (χ3v) is 4.44. The van der Waals surface area contributed by atoms with Crippen LogP contribution in [-0.4, -0.2) is 11.1 Å². The molecule has 2 aromatic carbocycles. The first-order valence-corrected chi connectivity index (χ1v) is 7.66. The molecule has 0 fully saturated rings. The Kier molecular flexibility index (Phi) is 2.73. The molecule has 1 aromatic heterocycles. The van der Waals surface area contributed by atoms with E-state index in [0.717, 1.165) is 22.1 Å². The first kappa shape index (κ1) is 14.1. The molecule has 23 heavy (non-hydrogen) atoms. The zero-order valence-electron chi connectivity index (χ0n) is 13.3. The highest BCUT2D eigenvalue weighted by molar-refractivity contribution is 6.20. The largest absolute Gasteiger partial charge is 0.363 e. The molecular weight excluding hydrogens is 293 g/mol. The van der Waals surface area contributed by atoms with Gasteiger partial charge in [0, 0.05) is 27.8 Å². The van der Waals surface area contributed by atoms with E-state index < -0.39 is 0 Å². The topological polar surface area (TPSA) is 56.9 Å². The Hall–Kier alpha value is -2.56. The van der Waals surface area contributed by atoms with Crippen LogP contribution in [0.25, 0.3) is 21.5 Å². The smallest absolute Gasteiger partial charge is 0.256 e. The summed E-state index contributed by atoms with van der Waals surface area (Å²) in [5, 5.41) is 9.80. The standard InChI is InChI=1S/C18H18FN3O/c1-18(2,3)17-21-14-10-5-4-9(19)8-12(10)13-11(15(14)22-17)6-7-20-16(13)23/h4-8,17,21-22H,1-3H3,(H,20,23). The Bertz CT molecular complexity index is 1000. The summed E-state index contributed by atoms with van der Waals surface area (Å²) in [7, 11) is 0. The normalized spacial score (nSPS) is 17.1. The van der Waals surface area contributed by atoms with Crippen LogP contribution in [0.15, 0.2) is 35.3 Å². The first-order valence-electron chi connectivity index (χ1n) is 7.66. The summed E-state index contributed by atoms with van der Waals surface area (Å²) in [5.41, 5.74) is 1.61. The summed E-state index contributed by atoms with van der Waals surface area (Å²) in [5.74, 6) is -0.347. The lowest BCUT2D eigenvalue weighted by Crippen LogP contribution is -2.36. The lowest BCUT2D eigenvalue weighted by molar-refractivity contribution is 0.372. The third-order valence-electron chi connectivity index (χ3n) is 4.44. The van der Waals surface area contributed by atoms with Gasteiger partial charge in [-0.2, -0.15) is 0 Å². The van der Waals surface area contributed by atoms with Crippen molar-refractivity contribution in [1.82, 2.24) is 4.98 Å². The summed E-state index contributed by atoms with van der Waals surface area (Å²) in [6.45, 7) is 6.42. The fourth-order valence-electron chi connectivity index (χ4n) is 3.22. The highest BCUT2D eigenvalue weighted by Crippen LogP contribution is 2.45. The van der Waals surface area contributed by atoms with Crippen LogP contribution in [0.2, 0.25) is 0 Å². The van der Waals surface area contributed by atoms with Crippen LogP contribution < -0.4 is 16.2 Å². The van der Waals surface area contributed by atoms with E-state index in [0.29, 0.717) is 10.8 Å². The zero-order valence-corrected chi connectivity index (χ0v) is 13.3. The van der Waals surface area contributed by atoms with Gasteiger partial charge in [0.2, 0.25) is 0 Å². The van der Waals surface area contributed by atoms with Gasteiger partial charge >= 0.3 is 0 Å². The summed E-state index contributed by atoms with van der Waals surface area (Å²) < 4.78 is 13.8. The number of halogens is 1. The minimum absolute atomic E-state index is 0.0150. The molecule has 0 amide bonds. The second-order valence-corrected chi connectivity index (χ2v) is 7.12. The molecule has 1 aliphatic heterocycles. The van der Waals surface area contributed by atoms with Gasteiger partial charge in [0.15, 0.2) is 0 Å². The zero-order chi connectivity index (χ0) is 16.4. The number of H-pyrrole nitrogens is 1. The minimum atomic E-state index is -0.347. The van der Waals surface area contributed by atoms with Gasteiger partial charge in [0.1, 0.15) is 12.0 Å². The number of anilines is 2. The van der Waals surface area contributed by atoms with Gasteiger partial charge < -0.3 is 15.6 Å². The summed E-state index contributed by atoms with van der Waals surface area (Å²) in [6, 6.07) is 6.45.